The molecule has 126 valence electrons. The molecule has 1 rings (SSSR count). The van der Waals surface area contributed by atoms with Gasteiger partial charge >= 0.3 is 5.97 Å². The van der Waals surface area contributed by atoms with Gasteiger partial charge in [-0.25, -0.2) is 4.79 Å². The lowest BCUT2D eigenvalue weighted by Gasteiger charge is -2.21. The van der Waals surface area contributed by atoms with Crippen molar-refractivity contribution in [2.24, 2.45) is 5.41 Å². The van der Waals surface area contributed by atoms with Crippen molar-refractivity contribution in [3.63, 3.8) is 0 Å². The molecule has 0 saturated heterocycles. The number of hydrogen-bond donors (Lipinski definition) is 3. The number of hydrogen-bond acceptors (Lipinski definition) is 3. The summed E-state index contributed by atoms with van der Waals surface area (Å²) in [5, 5.41) is 14.3. The minimum absolute atomic E-state index is 0.187. The number of aliphatic carboxylic acids is 1. The fourth-order valence-corrected chi connectivity index (χ4v) is 2.04. The van der Waals surface area contributed by atoms with E-state index >= 15 is 0 Å². The zero-order valence-corrected chi connectivity index (χ0v) is 13.9. The normalized spacial score (nSPS) is 13.7. The van der Waals surface area contributed by atoms with Gasteiger partial charge in [0.1, 0.15) is 6.04 Å². The van der Waals surface area contributed by atoms with Crippen molar-refractivity contribution in [1.29, 1.82) is 0 Å². The Kier molecular flexibility index (Phi) is 6.30. The van der Waals surface area contributed by atoms with Crippen LogP contribution in [-0.2, 0) is 14.4 Å². The van der Waals surface area contributed by atoms with Crippen molar-refractivity contribution in [3.05, 3.63) is 35.9 Å². The van der Waals surface area contributed by atoms with Crippen LogP contribution >= 0.6 is 0 Å². The molecule has 0 aliphatic rings. The Balaban J connectivity index is 2.69. The molecular formula is C17H24N2O4. The third-order valence-electron chi connectivity index (χ3n) is 3.13. The quantitative estimate of drug-likeness (QED) is 0.745. The maximum Gasteiger partial charge on any atom is 0.330 e. The third-order valence-corrected chi connectivity index (χ3v) is 3.13. The monoisotopic (exact) mass is 320 g/mol. The van der Waals surface area contributed by atoms with Crippen LogP contribution in [-0.4, -0.2) is 28.9 Å². The van der Waals surface area contributed by atoms with E-state index in [2.05, 4.69) is 10.6 Å². The van der Waals surface area contributed by atoms with Gasteiger partial charge in [-0.3, -0.25) is 9.59 Å². The van der Waals surface area contributed by atoms with E-state index in [-0.39, 0.29) is 17.7 Å². The van der Waals surface area contributed by atoms with Gasteiger partial charge in [0.2, 0.25) is 11.8 Å². The van der Waals surface area contributed by atoms with Gasteiger partial charge in [-0.2, -0.15) is 0 Å². The molecule has 0 aliphatic heterocycles. The van der Waals surface area contributed by atoms with E-state index in [0.29, 0.717) is 5.56 Å². The molecular weight excluding hydrogens is 296 g/mol. The van der Waals surface area contributed by atoms with Crippen molar-refractivity contribution in [1.82, 2.24) is 10.6 Å². The molecule has 0 saturated carbocycles. The molecule has 0 spiro atoms. The summed E-state index contributed by atoms with van der Waals surface area (Å²) in [5.74, 6) is -1.94. The fourth-order valence-electron chi connectivity index (χ4n) is 2.04. The predicted molar refractivity (Wildman–Crippen MR) is 86.6 cm³/mol. The highest BCUT2D eigenvalue weighted by Crippen LogP contribution is 2.18. The summed E-state index contributed by atoms with van der Waals surface area (Å²) in [6.07, 6.45) is 0.283. The van der Waals surface area contributed by atoms with E-state index in [9.17, 15) is 19.5 Å². The minimum Gasteiger partial charge on any atom is -0.479 e. The summed E-state index contributed by atoms with van der Waals surface area (Å²) in [4.78, 5) is 35.4. The fraction of sp³-hybridized carbons (Fsp3) is 0.471. The van der Waals surface area contributed by atoms with Gasteiger partial charge in [-0.1, -0.05) is 51.1 Å². The summed E-state index contributed by atoms with van der Waals surface area (Å²) in [7, 11) is 0. The Morgan fingerprint density at radius 2 is 1.65 bits per heavy atom. The highest BCUT2D eigenvalue weighted by atomic mass is 16.4. The van der Waals surface area contributed by atoms with Crippen LogP contribution in [0, 0.1) is 5.41 Å². The standard InChI is InChI=1S/C17H24N2O4/c1-11(18-13(20)10-17(2,3)4)15(21)19-14(16(22)23)12-8-6-5-7-9-12/h5-9,11,14H,10H2,1-4H3,(H,18,20)(H,19,21)(H,22,23)/t11?,14-/m1/s1. The predicted octanol–water partition coefficient (Wildman–Crippen LogP) is 1.87. The molecule has 0 aliphatic carbocycles. The van der Waals surface area contributed by atoms with E-state index < -0.39 is 24.0 Å². The lowest BCUT2D eigenvalue weighted by molar-refractivity contribution is -0.142. The summed E-state index contributed by atoms with van der Waals surface area (Å²) in [6, 6.07) is 6.46. The molecule has 2 atom stereocenters. The van der Waals surface area contributed by atoms with Gasteiger partial charge in [-0.05, 0) is 17.9 Å². The molecule has 1 unspecified atom stereocenters. The van der Waals surface area contributed by atoms with Gasteiger partial charge in [0.05, 0.1) is 0 Å². The third kappa shape index (κ3) is 6.50. The molecule has 2 amide bonds. The van der Waals surface area contributed by atoms with Gasteiger partial charge < -0.3 is 15.7 Å². The largest absolute Gasteiger partial charge is 0.479 e. The zero-order chi connectivity index (χ0) is 17.6. The van der Waals surface area contributed by atoms with Crippen molar-refractivity contribution in [3.8, 4) is 0 Å². The Morgan fingerprint density at radius 1 is 1.09 bits per heavy atom. The molecule has 0 fully saturated rings. The SMILES string of the molecule is CC(NC(=O)CC(C)(C)C)C(=O)N[C@@H](C(=O)O)c1ccccc1. The lowest BCUT2D eigenvalue weighted by atomic mass is 9.92. The van der Waals surface area contributed by atoms with E-state index in [1.807, 2.05) is 20.8 Å². The smallest absolute Gasteiger partial charge is 0.330 e. The van der Waals surface area contributed by atoms with Gasteiger partial charge in [0.15, 0.2) is 6.04 Å². The maximum atomic E-state index is 12.1. The van der Waals surface area contributed by atoms with Crippen molar-refractivity contribution in [2.75, 3.05) is 0 Å². The molecule has 6 heteroatoms. The van der Waals surface area contributed by atoms with E-state index in [0.717, 1.165) is 0 Å². The Hall–Kier alpha value is -2.37. The Labute approximate surface area is 136 Å². The Morgan fingerprint density at radius 3 is 2.13 bits per heavy atom. The highest BCUT2D eigenvalue weighted by molar-refractivity contribution is 5.90. The average molecular weight is 320 g/mol. The van der Waals surface area contributed by atoms with Crippen LogP contribution in [0.25, 0.3) is 0 Å². The molecule has 0 aromatic heterocycles. The molecule has 0 radical (unpaired) electrons. The van der Waals surface area contributed by atoms with E-state index in [4.69, 9.17) is 0 Å². The summed E-state index contributed by atoms with van der Waals surface area (Å²) < 4.78 is 0. The first-order valence-corrected chi connectivity index (χ1v) is 7.47. The zero-order valence-electron chi connectivity index (χ0n) is 13.9. The number of carbonyl (C=O) groups excluding carboxylic acids is 2. The van der Waals surface area contributed by atoms with Crippen molar-refractivity contribution in [2.45, 2.75) is 46.2 Å². The highest BCUT2D eigenvalue weighted by Gasteiger charge is 2.26. The van der Waals surface area contributed by atoms with Gasteiger partial charge in [-0.15, -0.1) is 0 Å². The van der Waals surface area contributed by atoms with Crippen LogP contribution in [0.4, 0.5) is 0 Å². The van der Waals surface area contributed by atoms with E-state index in [1.54, 1.807) is 30.3 Å². The van der Waals surface area contributed by atoms with Crippen LogP contribution in [0.2, 0.25) is 0 Å². The molecule has 1 aromatic rings. The number of nitrogens with one attached hydrogen (secondary N) is 2. The van der Waals surface area contributed by atoms with Crippen LogP contribution in [0.1, 0.15) is 45.7 Å². The van der Waals surface area contributed by atoms with Gasteiger partial charge in [0, 0.05) is 6.42 Å². The first-order valence-electron chi connectivity index (χ1n) is 7.47. The first kappa shape index (κ1) is 18.7. The minimum atomic E-state index is -1.15. The number of amides is 2. The Bertz CT molecular complexity index is 564. The average Bonchev–Trinajstić information content (AvgIpc) is 2.42. The number of benzene rings is 1. The molecule has 3 N–H and O–H groups in total. The van der Waals surface area contributed by atoms with Crippen LogP contribution in [0.3, 0.4) is 0 Å². The summed E-state index contributed by atoms with van der Waals surface area (Å²) in [5.41, 5.74) is 0.287. The number of carboxylic acid groups (broad SMARTS) is 1. The molecule has 0 heterocycles. The second kappa shape index (κ2) is 7.76. The van der Waals surface area contributed by atoms with Crippen LogP contribution < -0.4 is 10.6 Å². The molecule has 1 aromatic carbocycles. The van der Waals surface area contributed by atoms with Crippen LogP contribution in [0.15, 0.2) is 30.3 Å². The lowest BCUT2D eigenvalue weighted by Crippen LogP contribution is -2.47. The van der Waals surface area contributed by atoms with Crippen molar-refractivity contribution < 1.29 is 19.5 Å². The molecule has 6 nitrogen and oxygen atoms in total. The number of carboxylic acids is 1. The maximum absolute atomic E-state index is 12.1. The number of rotatable bonds is 6. The summed E-state index contributed by atoms with van der Waals surface area (Å²) in [6.45, 7) is 7.30. The topological polar surface area (TPSA) is 95.5 Å². The summed E-state index contributed by atoms with van der Waals surface area (Å²) >= 11 is 0. The van der Waals surface area contributed by atoms with Crippen LogP contribution in [0.5, 0.6) is 0 Å². The van der Waals surface area contributed by atoms with Crippen molar-refractivity contribution >= 4 is 17.8 Å². The second-order valence-corrected chi connectivity index (χ2v) is 6.72. The van der Waals surface area contributed by atoms with E-state index in [1.165, 1.54) is 6.92 Å². The van der Waals surface area contributed by atoms with Gasteiger partial charge in [0.25, 0.3) is 0 Å². The first-order chi connectivity index (χ1) is 10.6. The molecule has 23 heavy (non-hydrogen) atoms. The molecule has 0 bridgehead atoms. The second-order valence-electron chi connectivity index (χ2n) is 6.72. The number of carbonyl (C=O) groups is 3.